The van der Waals surface area contributed by atoms with E-state index in [0.29, 0.717) is 5.92 Å². The summed E-state index contributed by atoms with van der Waals surface area (Å²) in [5.74, 6) is 0.622. The molecular formula is C16H22. The van der Waals surface area contributed by atoms with Crippen LogP contribution in [-0.4, -0.2) is 0 Å². The minimum absolute atomic E-state index is 0.249. The summed E-state index contributed by atoms with van der Waals surface area (Å²) in [6.45, 7) is 13.6. The van der Waals surface area contributed by atoms with E-state index in [1.165, 1.54) is 27.8 Å². The number of hydrogen-bond acceptors (Lipinski definition) is 0. The maximum atomic E-state index is 2.40. The van der Waals surface area contributed by atoms with Crippen molar-refractivity contribution in [1.82, 2.24) is 0 Å². The van der Waals surface area contributed by atoms with Crippen molar-refractivity contribution in [3.63, 3.8) is 0 Å². The molecule has 16 heavy (non-hydrogen) atoms. The molecule has 0 heterocycles. The molecule has 0 saturated carbocycles. The summed E-state index contributed by atoms with van der Waals surface area (Å²) in [7, 11) is 0. The lowest BCUT2D eigenvalue weighted by atomic mass is 9.60. The fourth-order valence-electron chi connectivity index (χ4n) is 2.96. The Kier molecular flexibility index (Phi) is 2.49. The van der Waals surface area contributed by atoms with E-state index in [9.17, 15) is 0 Å². The molecule has 0 N–H and O–H groups in total. The number of rotatable bonds is 1. The normalized spacial score (nSPS) is 17.1. The Balaban J connectivity index is 2.58. The Bertz CT molecular complexity index is 455. The third-order valence-corrected chi connectivity index (χ3v) is 3.78. The van der Waals surface area contributed by atoms with Crippen LogP contribution in [0.3, 0.4) is 0 Å². The summed E-state index contributed by atoms with van der Waals surface area (Å²) in [5, 5.41) is 0. The van der Waals surface area contributed by atoms with Crippen molar-refractivity contribution in [1.29, 1.82) is 0 Å². The fourth-order valence-corrected chi connectivity index (χ4v) is 2.96. The van der Waals surface area contributed by atoms with E-state index in [4.69, 9.17) is 0 Å². The highest BCUT2D eigenvalue weighted by molar-refractivity contribution is 5.88. The van der Waals surface area contributed by atoms with Crippen LogP contribution in [0.1, 0.15) is 64.2 Å². The van der Waals surface area contributed by atoms with Gasteiger partial charge in [0.2, 0.25) is 0 Å². The third-order valence-electron chi connectivity index (χ3n) is 3.78. The predicted molar refractivity (Wildman–Crippen MR) is 71.8 cm³/mol. The molecule has 0 aromatic heterocycles. The zero-order valence-corrected chi connectivity index (χ0v) is 11.3. The first-order valence-electron chi connectivity index (χ1n) is 6.18. The lowest BCUT2D eigenvalue weighted by Crippen LogP contribution is -2.32. The second-order valence-corrected chi connectivity index (χ2v) is 5.96. The van der Waals surface area contributed by atoms with Crippen LogP contribution in [0, 0.1) is 0 Å². The molecule has 0 spiro atoms. The number of allylic oxidation sites excluding steroid dienone is 2. The van der Waals surface area contributed by atoms with Crippen molar-refractivity contribution in [2.24, 2.45) is 0 Å². The summed E-state index contributed by atoms with van der Waals surface area (Å²) >= 11 is 0. The average Bonchev–Trinajstić information content (AvgIpc) is 2.15. The lowest BCUT2D eigenvalue weighted by Gasteiger charge is -2.43. The van der Waals surface area contributed by atoms with E-state index in [-0.39, 0.29) is 5.41 Å². The smallest absolute Gasteiger partial charge is 0.0158 e. The van der Waals surface area contributed by atoms with Crippen LogP contribution < -0.4 is 0 Å². The second-order valence-electron chi connectivity index (χ2n) is 5.96. The van der Waals surface area contributed by atoms with Crippen molar-refractivity contribution in [2.45, 2.75) is 52.9 Å². The van der Waals surface area contributed by atoms with Crippen LogP contribution in [0.25, 0.3) is 5.57 Å². The van der Waals surface area contributed by atoms with Crippen LogP contribution in [0.2, 0.25) is 0 Å². The van der Waals surface area contributed by atoms with E-state index in [2.05, 4.69) is 59.7 Å². The van der Waals surface area contributed by atoms with Crippen molar-refractivity contribution in [2.75, 3.05) is 0 Å². The maximum absolute atomic E-state index is 2.40. The highest BCUT2D eigenvalue weighted by atomic mass is 14.4. The zero-order chi connectivity index (χ0) is 12.1. The molecule has 0 heteroatoms. The Hall–Kier alpha value is -1.04. The fraction of sp³-hybridized carbons (Fsp3) is 0.500. The summed E-state index contributed by atoms with van der Waals surface area (Å²) < 4.78 is 0. The largest absolute Gasteiger partial charge is 0.0717 e. The minimum Gasteiger partial charge on any atom is -0.0717 e. The first-order chi connectivity index (χ1) is 7.35. The van der Waals surface area contributed by atoms with Gasteiger partial charge in [0.05, 0.1) is 0 Å². The Labute approximate surface area is 99.4 Å². The number of hydrogen-bond donors (Lipinski definition) is 0. The molecule has 1 aliphatic rings. The van der Waals surface area contributed by atoms with Gasteiger partial charge in [-0.3, -0.25) is 0 Å². The van der Waals surface area contributed by atoms with Crippen LogP contribution in [0.15, 0.2) is 23.8 Å². The SMILES string of the molecule is CC(C)=C1c2ccc(C(C)C)cc2C1(C)C. The molecule has 0 bridgehead atoms. The summed E-state index contributed by atoms with van der Waals surface area (Å²) in [6.07, 6.45) is 0. The van der Waals surface area contributed by atoms with E-state index >= 15 is 0 Å². The maximum Gasteiger partial charge on any atom is 0.0158 e. The Morgan fingerprint density at radius 3 is 2.25 bits per heavy atom. The van der Waals surface area contributed by atoms with Gasteiger partial charge in [-0.25, -0.2) is 0 Å². The van der Waals surface area contributed by atoms with Gasteiger partial charge < -0.3 is 0 Å². The summed E-state index contributed by atoms with van der Waals surface area (Å²) in [5.41, 5.74) is 7.69. The molecule has 2 rings (SSSR count). The topological polar surface area (TPSA) is 0 Å². The first-order valence-corrected chi connectivity index (χ1v) is 6.18. The molecule has 0 unspecified atom stereocenters. The third kappa shape index (κ3) is 1.43. The average molecular weight is 214 g/mol. The van der Waals surface area contributed by atoms with Gasteiger partial charge >= 0.3 is 0 Å². The molecule has 86 valence electrons. The van der Waals surface area contributed by atoms with Crippen LogP contribution in [-0.2, 0) is 5.41 Å². The Morgan fingerprint density at radius 2 is 1.75 bits per heavy atom. The molecule has 0 amide bonds. The van der Waals surface area contributed by atoms with Crippen LogP contribution in [0.5, 0.6) is 0 Å². The number of benzene rings is 1. The summed E-state index contributed by atoms with van der Waals surface area (Å²) in [4.78, 5) is 0. The van der Waals surface area contributed by atoms with Crippen molar-refractivity contribution in [3.05, 3.63) is 40.5 Å². The van der Waals surface area contributed by atoms with E-state index < -0.39 is 0 Å². The van der Waals surface area contributed by atoms with Gasteiger partial charge in [-0.15, -0.1) is 0 Å². The standard InChI is InChI=1S/C16H22/c1-10(2)12-7-8-13-14(9-12)16(5,6)15(13)11(3)4/h7-10H,1-6H3. The van der Waals surface area contributed by atoms with Crippen molar-refractivity contribution < 1.29 is 0 Å². The molecule has 0 nitrogen and oxygen atoms in total. The van der Waals surface area contributed by atoms with Crippen molar-refractivity contribution >= 4 is 5.57 Å². The van der Waals surface area contributed by atoms with Gasteiger partial charge in [-0.2, -0.15) is 0 Å². The first kappa shape index (κ1) is 11.4. The molecule has 1 aromatic carbocycles. The number of fused-ring (bicyclic) bond motifs is 1. The van der Waals surface area contributed by atoms with Crippen molar-refractivity contribution in [3.8, 4) is 0 Å². The van der Waals surface area contributed by atoms with Gasteiger partial charge in [0.1, 0.15) is 0 Å². The molecule has 1 aromatic rings. The summed E-state index contributed by atoms with van der Waals surface area (Å²) in [6, 6.07) is 6.98. The quantitative estimate of drug-likeness (QED) is 0.624. The zero-order valence-electron chi connectivity index (χ0n) is 11.3. The van der Waals surface area contributed by atoms with E-state index in [1.54, 1.807) is 0 Å². The highest BCUT2D eigenvalue weighted by Crippen LogP contribution is 2.52. The molecule has 0 aliphatic heterocycles. The molecule has 0 radical (unpaired) electrons. The molecule has 0 saturated heterocycles. The van der Waals surface area contributed by atoms with Crippen LogP contribution >= 0.6 is 0 Å². The van der Waals surface area contributed by atoms with Gasteiger partial charge in [0.25, 0.3) is 0 Å². The van der Waals surface area contributed by atoms with Gasteiger partial charge in [-0.1, -0.05) is 51.5 Å². The van der Waals surface area contributed by atoms with E-state index in [0.717, 1.165) is 0 Å². The lowest BCUT2D eigenvalue weighted by molar-refractivity contribution is 0.637. The van der Waals surface area contributed by atoms with Gasteiger partial charge in [-0.05, 0) is 42.0 Å². The Morgan fingerprint density at radius 1 is 1.12 bits per heavy atom. The second kappa shape index (κ2) is 3.48. The molecule has 1 aliphatic carbocycles. The molecule has 0 atom stereocenters. The highest BCUT2D eigenvalue weighted by Gasteiger charge is 2.39. The minimum atomic E-state index is 0.249. The van der Waals surface area contributed by atoms with E-state index in [1.807, 2.05) is 0 Å². The van der Waals surface area contributed by atoms with Gasteiger partial charge in [0.15, 0.2) is 0 Å². The molecule has 0 fully saturated rings. The van der Waals surface area contributed by atoms with Gasteiger partial charge in [0, 0.05) is 5.41 Å². The molecular weight excluding hydrogens is 192 g/mol. The predicted octanol–water partition coefficient (Wildman–Crippen LogP) is 4.89. The van der Waals surface area contributed by atoms with Crippen LogP contribution in [0.4, 0.5) is 0 Å². The monoisotopic (exact) mass is 214 g/mol.